The maximum atomic E-state index is 12.3. The van der Waals surface area contributed by atoms with Crippen LogP contribution in [0, 0.1) is 18.3 Å². The number of para-hydroxylation sites is 1. The van der Waals surface area contributed by atoms with Crippen molar-refractivity contribution in [3.63, 3.8) is 0 Å². The Morgan fingerprint density at radius 3 is 2.50 bits per heavy atom. The number of ether oxygens (including phenoxy) is 2. The lowest BCUT2D eigenvalue weighted by Gasteiger charge is -2.09. The molecule has 2 aromatic rings. The third kappa shape index (κ3) is 5.21. The molecule has 0 aliphatic carbocycles. The number of amides is 1. The molecule has 26 heavy (non-hydrogen) atoms. The number of nitrogens with zero attached hydrogens (tertiary/aromatic N) is 1. The normalized spacial score (nSPS) is 10.6. The Morgan fingerprint density at radius 1 is 1.15 bits per heavy atom. The van der Waals surface area contributed by atoms with E-state index in [0.717, 1.165) is 5.56 Å². The number of carbonyl (C=O) groups is 2. The average molecular weight is 350 g/mol. The monoisotopic (exact) mass is 350 g/mol. The third-order valence-electron chi connectivity index (χ3n) is 3.47. The molecule has 0 radical (unpaired) electrons. The number of esters is 1. The Bertz CT molecular complexity index is 864. The molecular formula is C20H18N2O4. The van der Waals surface area contributed by atoms with Crippen molar-refractivity contribution in [2.75, 3.05) is 19.0 Å². The molecule has 0 saturated carbocycles. The van der Waals surface area contributed by atoms with Crippen LogP contribution in [0.2, 0.25) is 0 Å². The molecule has 0 atom stereocenters. The molecule has 132 valence electrons. The summed E-state index contributed by atoms with van der Waals surface area (Å²) in [5.74, 6) is -0.686. The zero-order chi connectivity index (χ0) is 18.9. The third-order valence-corrected chi connectivity index (χ3v) is 3.47. The highest BCUT2D eigenvalue weighted by Gasteiger charge is 2.12. The van der Waals surface area contributed by atoms with Crippen molar-refractivity contribution in [1.29, 1.82) is 5.26 Å². The predicted molar refractivity (Wildman–Crippen MR) is 97.4 cm³/mol. The maximum absolute atomic E-state index is 12.3. The lowest BCUT2D eigenvalue weighted by molar-refractivity contribution is -0.142. The minimum atomic E-state index is -0.529. The van der Waals surface area contributed by atoms with Crippen LogP contribution >= 0.6 is 0 Å². The van der Waals surface area contributed by atoms with E-state index in [1.807, 2.05) is 25.1 Å². The van der Waals surface area contributed by atoms with Gasteiger partial charge < -0.3 is 14.8 Å². The highest BCUT2D eigenvalue weighted by molar-refractivity contribution is 6.09. The van der Waals surface area contributed by atoms with Gasteiger partial charge in [-0.3, -0.25) is 4.79 Å². The van der Waals surface area contributed by atoms with E-state index in [-0.39, 0.29) is 12.2 Å². The van der Waals surface area contributed by atoms with Crippen molar-refractivity contribution < 1.29 is 19.1 Å². The molecule has 2 rings (SSSR count). The number of benzene rings is 2. The molecule has 1 N–H and O–H groups in total. The fourth-order valence-corrected chi connectivity index (χ4v) is 2.07. The number of rotatable bonds is 6. The van der Waals surface area contributed by atoms with Crippen LogP contribution in [0.5, 0.6) is 5.75 Å². The van der Waals surface area contributed by atoms with Crippen LogP contribution < -0.4 is 10.1 Å². The Morgan fingerprint density at radius 2 is 1.85 bits per heavy atom. The Balaban J connectivity index is 2.20. The summed E-state index contributed by atoms with van der Waals surface area (Å²) >= 11 is 0. The first-order valence-corrected chi connectivity index (χ1v) is 7.82. The first-order valence-electron chi connectivity index (χ1n) is 7.82. The Labute approximate surface area is 151 Å². The van der Waals surface area contributed by atoms with E-state index in [0.29, 0.717) is 17.0 Å². The van der Waals surface area contributed by atoms with E-state index in [1.54, 1.807) is 36.4 Å². The number of methoxy groups -OCH3 is 1. The topological polar surface area (TPSA) is 88.4 Å². The molecule has 0 fully saturated rings. The van der Waals surface area contributed by atoms with Gasteiger partial charge >= 0.3 is 5.97 Å². The summed E-state index contributed by atoms with van der Waals surface area (Å²) in [6.07, 6.45) is 1.41. The molecule has 0 unspecified atom stereocenters. The van der Waals surface area contributed by atoms with Crippen LogP contribution in [0.3, 0.4) is 0 Å². The Hall–Kier alpha value is -3.59. The van der Waals surface area contributed by atoms with Gasteiger partial charge in [-0.15, -0.1) is 0 Å². The van der Waals surface area contributed by atoms with Crippen molar-refractivity contribution in [3.8, 4) is 11.8 Å². The maximum Gasteiger partial charge on any atom is 0.343 e. The fraction of sp³-hybridized carbons (Fsp3) is 0.150. The summed E-state index contributed by atoms with van der Waals surface area (Å²) in [7, 11) is 1.26. The quantitative estimate of drug-likeness (QED) is 0.491. The van der Waals surface area contributed by atoms with E-state index in [1.165, 1.54) is 13.2 Å². The molecule has 0 spiro atoms. The fourth-order valence-electron chi connectivity index (χ4n) is 2.07. The SMILES string of the molecule is COC(=O)COc1ccccc1/C=C(\C#N)C(=O)Nc1ccc(C)cc1. The van der Waals surface area contributed by atoms with E-state index in [2.05, 4.69) is 10.1 Å². The molecular weight excluding hydrogens is 332 g/mol. The largest absolute Gasteiger partial charge is 0.481 e. The molecule has 6 nitrogen and oxygen atoms in total. The molecule has 0 bridgehead atoms. The van der Waals surface area contributed by atoms with Crippen molar-refractivity contribution in [2.45, 2.75) is 6.92 Å². The lowest BCUT2D eigenvalue weighted by atomic mass is 10.1. The van der Waals surface area contributed by atoms with Gasteiger partial charge in [-0.25, -0.2) is 4.79 Å². The number of hydrogen-bond acceptors (Lipinski definition) is 5. The van der Waals surface area contributed by atoms with Gasteiger partial charge in [0, 0.05) is 11.3 Å². The molecule has 6 heteroatoms. The second kappa shape index (κ2) is 9.04. The molecule has 0 aliphatic rings. The Kier molecular flexibility index (Phi) is 6.52. The minimum Gasteiger partial charge on any atom is -0.481 e. The summed E-state index contributed by atoms with van der Waals surface area (Å²) in [6, 6.07) is 15.9. The highest BCUT2D eigenvalue weighted by Crippen LogP contribution is 2.21. The second-order valence-corrected chi connectivity index (χ2v) is 5.39. The number of carbonyl (C=O) groups excluding carboxylic acids is 2. The van der Waals surface area contributed by atoms with Crippen molar-refractivity contribution in [2.24, 2.45) is 0 Å². The minimum absolute atomic E-state index is 0.0836. The van der Waals surface area contributed by atoms with Crippen molar-refractivity contribution in [3.05, 3.63) is 65.2 Å². The van der Waals surface area contributed by atoms with Gasteiger partial charge in [0.1, 0.15) is 17.4 Å². The summed E-state index contributed by atoms with van der Waals surface area (Å²) in [5.41, 5.74) is 2.08. The first kappa shape index (κ1) is 18.7. The summed E-state index contributed by atoms with van der Waals surface area (Å²) in [5, 5.41) is 12.0. The molecule has 0 saturated heterocycles. The van der Waals surface area contributed by atoms with Gasteiger partial charge in [-0.05, 0) is 31.2 Å². The molecule has 0 aromatic heterocycles. The zero-order valence-electron chi connectivity index (χ0n) is 14.5. The summed E-state index contributed by atoms with van der Waals surface area (Å²) < 4.78 is 9.92. The van der Waals surface area contributed by atoms with E-state index < -0.39 is 11.9 Å². The first-order chi connectivity index (χ1) is 12.5. The molecule has 0 heterocycles. The van der Waals surface area contributed by atoms with E-state index >= 15 is 0 Å². The van der Waals surface area contributed by atoms with Crippen LogP contribution in [0.4, 0.5) is 5.69 Å². The number of nitrogens with one attached hydrogen (secondary N) is 1. The van der Waals surface area contributed by atoms with Crippen LogP contribution in [-0.2, 0) is 14.3 Å². The standard InChI is InChI=1S/C20H18N2O4/c1-14-7-9-17(10-8-14)22-20(24)16(12-21)11-15-5-3-4-6-18(15)26-13-19(23)25-2/h3-11H,13H2,1-2H3,(H,22,24)/b16-11+. The number of anilines is 1. The van der Waals surface area contributed by atoms with Crippen LogP contribution in [-0.4, -0.2) is 25.6 Å². The lowest BCUT2D eigenvalue weighted by Crippen LogP contribution is -2.14. The van der Waals surface area contributed by atoms with E-state index in [9.17, 15) is 14.9 Å². The number of nitriles is 1. The van der Waals surface area contributed by atoms with Crippen LogP contribution in [0.25, 0.3) is 6.08 Å². The summed E-state index contributed by atoms with van der Waals surface area (Å²) in [4.78, 5) is 23.6. The van der Waals surface area contributed by atoms with Crippen molar-refractivity contribution in [1.82, 2.24) is 0 Å². The molecule has 1 amide bonds. The predicted octanol–water partition coefficient (Wildman–Crippen LogP) is 3.09. The number of hydrogen-bond donors (Lipinski definition) is 1. The van der Waals surface area contributed by atoms with Crippen LogP contribution in [0.1, 0.15) is 11.1 Å². The summed E-state index contributed by atoms with van der Waals surface area (Å²) in [6.45, 7) is 1.68. The molecule has 0 aliphatic heterocycles. The van der Waals surface area contributed by atoms with Gasteiger partial charge in [0.05, 0.1) is 7.11 Å². The molecule has 2 aromatic carbocycles. The average Bonchev–Trinajstić information content (AvgIpc) is 2.66. The van der Waals surface area contributed by atoms with Crippen LogP contribution in [0.15, 0.2) is 54.1 Å². The van der Waals surface area contributed by atoms with E-state index in [4.69, 9.17) is 4.74 Å². The van der Waals surface area contributed by atoms with Gasteiger partial charge in [0.25, 0.3) is 5.91 Å². The zero-order valence-corrected chi connectivity index (χ0v) is 14.5. The smallest absolute Gasteiger partial charge is 0.343 e. The second-order valence-electron chi connectivity index (χ2n) is 5.39. The van der Waals surface area contributed by atoms with Gasteiger partial charge in [0.15, 0.2) is 6.61 Å². The van der Waals surface area contributed by atoms with Gasteiger partial charge in [-0.2, -0.15) is 5.26 Å². The van der Waals surface area contributed by atoms with Gasteiger partial charge in [-0.1, -0.05) is 35.9 Å². The highest BCUT2D eigenvalue weighted by atomic mass is 16.6. The number of aryl methyl sites for hydroxylation is 1. The van der Waals surface area contributed by atoms with Gasteiger partial charge in [0.2, 0.25) is 0 Å². The van der Waals surface area contributed by atoms with Crippen molar-refractivity contribution >= 4 is 23.6 Å².